The molecular weight excluding hydrogens is 259 g/mol. The fraction of sp³-hybridized carbons (Fsp3) is 0.400. The molecule has 0 unspecified atom stereocenters. The Balaban J connectivity index is 2.24. The Kier molecular flexibility index (Phi) is 4.02. The lowest BCUT2D eigenvalue weighted by Crippen LogP contribution is -2.11. The van der Waals surface area contributed by atoms with Gasteiger partial charge in [-0.1, -0.05) is 32.9 Å². The van der Waals surface area contributed by atoms with Crippen LogP contribution in [0.4, 0.5) is 4.39 Å². The van der Waals surface area contributed by atoms with Crippen LogP contribution in [0.15, 0.2) is 23.6 Å². The standard InChI is InChI=1S/C15H19FN2S/c1-15(2,3)13-9-19-14(18-13)7-11-6-10(8-17)4-5-12(11)16/h4-6,9H,7-8,17H2,1-3H3. The zero-order chi connectivity index (χ0) is 14.0. The number of hydrogen-bond donors (Lipinski definition) is 1. The molecule has 1 heterocycles. The molecule has 1 aromatic heterocycles. The summed E-state index contributed by atoms with van der Waals surface area (Å²) in [5.74, 6) is -0.190. The van der Waals surface area contributed by atoms with Gasteiger partial charge in [0.25, 0.3) is 0 Å². The second-order valence-corrected chi connectivity index (χ2v) is 6.63. The van der Waals surface area contributed by atoms with Crippen LogP contribution in [0.3, 0.4) is 0 Å². The summed E-state index contributed by atoms with van der Waals surface area (Å²) in [6.45, 7) is 6.81. The lowest BCUT2D eigenvalue weighted by molar-refractivity contribution is 0.570. The molecule has 2 N–H and O–H groups in total. The van der Waals surface area contributed by atoms with Crippen molar-refractivity contribution in [3.63, 3.8) is 0 Å². The van der Waals surface area contributed by atoms with E-state index in [-0.39, 0.29) is 11.2 Å². The summed E-state index contributed by atoms with van der Waals surface area (Å²) in [5, 5.41) is 3.00. The second-order valence-electron chi connectivity index (χ2n) is 5.68. The van der Waals surface area contributed by atoms with Crippen molar-refractivity contribution >= 4 is 11.3 Å². The van der Waals surface area contributed by atoms with E-state index in [1.807, 2.05) is 6.07 Å². The minimum absolute atomic E-state index is 0.0341. The molecule has 2 rings (SSSR count). The third-order valence-electron chi connectivity index (χ3n) is 3.01. The second kappa shape index (κ2) is 5.39. The monoisotopic (exact) mass is 278 g/mol. The highest BCUT2D eigenvalue weighted by Crippen LogP contribution is 2.25. The fourth-order valence-corrected chi connectivity index (χ4v) is 2.83. The SMILES string of the molecule is CC(C)(C)c1csc(Cc2cc(CN)ccc2F)n1. The topological polar surface area (TPSA) is 38.9 Å². The van der Waals surface area contributed by atoms with E-state index in [0.717, 1.165) is 16.3 Å². The van der Waals surface area contributed by atoms with Gasteiger partial charge in [0.1, 0.15) is 5.82 Å². The maximum absolute atomic E-state index is 13.8. The normalized spacial score (nSPS) is 11.8. The molecule has 0 radical (unpaired) electrons. The van der Waals surface area contributed by atoms with E-state index < -0.39 is 0 Å². The summed E-state index contributed by atoms with van der Waals surface area (Å²) in [6, 6.07) is 5.03. The smallest absolute Gasteiger partial charge is 0.126 e. The lowest BCUT2D eigenvalue weighted by Gasteiger charge is -2.14. The van der Waals surface area contributed by atoms with Gasteiger partial charge in [-0.2, -0.15) is 0 Å². The van der Waals surface area contributed by atoms with Gasteiger partial charge in [0, 0.05) is 23.8 Å². The summed E-state index contributed by atoms with van der Waals surface area (Å²) in [6.07, 6.45) is 0.528. The Morgan fingerprint density at radius 2 is 2.05 bits per heavy atom. The number of thiazole rings is 1. The first-order chi connectivity index (χ1) is 8.90. The van der Waals surface area contributed by atoms with Gasteiger partial charge in [0.05, 0.1) is 10.7 Å². The molecule has 0 aliphatic heterocycles. The molecule has 102 valence electrons. The Bertz CT molecular complexity index is 570. The maximum atomic E-state index is 13.8. The van der Waals surface area contributed by atoms with E-state index in [4.69, 9.17) is 5.73 Å². The van der Waals surface area contributed by atoms with Gasteiger partial charge in [-0.05, 0) is 17.2 Å². The van der Waals surface area contributed by atoms with E-state index in [9.17, 15) is 4.39 Å². The molecule has 0 saturated carbocycles. The van der Waals surface area contributed by atoms with Crippen molar-refractivity contribution in [1.82, 2.24) is 4.98 Å². The van der Waals surface area contributed by atoms with Gasteiger partial charge < -0.3 is 5.73 Å². The molecule has 0 aliphatic carbocycles. The molecule has 0 saturated heterocycles. The number of halogens is 1. The molecule has 4 heteroatoms. The molecule has 1 aromatic carbocycles. The minimum Gasteiger partial charge on any atom is -0.326 e. The highest BCUT2D eigenvalue weighted by Gasteiger charge is 2.17. The molecule has 2 nitrogen and oxygen atoms in total. The lowest BCUT2D eigenvalue weighted by atomic mass is 9.93. The van der Waals surface area contributed by atoms with Crippen molar-refractivity contribution in [3.05, 3.63) is 51.2 Å². The van der Waals surface area contributed by atoms with E-state index in [0.29, 0.717) is 18.5 Å². The van der Waals surface area contributed by atoms with Crippen LogP contribution in [-0.4, -0.2) is 4.98 Å². The first kappa shape index (κ1) is 14.2. The van der Waals surface area contributed by atoms with Crippen molar-refractivity contribution in [2.75, 3.05) is 0 Å². The zero-order valence-electron chi connectivity index (χ0n) is 11.5. The average molecular weight is 278 g/mol. The Labute approximate surface area is 117 Å². The number of nitrogens with two attached hydrogens (primary N) is 1. The van der Waals surface area contributed by atoms with Crippen LogP contribution in [0.25, 0.3) is 0 Å². The van der Waals surface area contributed by atoms with Crippen LogP contribution in [-0.2, 0) is 18.4 Å². The summed E-state index contributed by atoms with van der Waals surface area (Å²) in [4.78, 5) is 4.59. The zero-order valence-corrected chi connectivity index (χ0v) is 12.4. The first-order valence-electron chi connectivity index (χ1n) is 6.32. The molecule has 0 spiro atoms. The Morgan fingerprint density at radius 3 is 2.63 bits per heavy atom. The van der Waals surface area contributed by atoms with Crippen molar-refractivity contribution in [2.24, 2.45) is 5.73 Å². The molecule has 0 bridgehead atoms. The third kappa shape index (κ3) is 3.39. The van der Waals surface area contributed by atoms with Crippen LogP contribution in [0.5, 0.6) is 0 Å². The summed E-state index contributed by atoms with van der Waals surface area (Å²) in [5.41, 5.74) is 8.29. The molecule has 0 atom stereocenters. The first-order valence-corrected chi connectivity index (χ1v) is 7.20. The quantitative estimate of drug-likeness (QED) is 0.931. The Hall–Kier alpha value is -1.26. The van der Waals surface area contributed by atoms with Gasteiger partial charge in [0.2, 0.25) is 0 Å². The number of benzene rings is 1. The largest absolute Gasteiger partial charge is 0.326 e. The van der Waals surface area contributed by atoms with Gasteiger partial charge in [-0.25, -0.2) is 9.37 Å². The van der Waals surface area contributed by atoms with Crippen LogP contribution in [0.2, 0.25) is 0 Å². The highest BCUT2D eigenvalue weighted by molar-refractivity contribution is 7.09. The van der Waals surface area contributed by atoms with E-state index in [1.54, 1.807) is 17.4 Å². The predicted molar refractivity (Wildman–Crippen MR) is 77.9 cm³/mol. The van der Waals surface area contributed by atoms with Crippen molar-refractivity contribution in [2.45, 2.75) is 39.2 Å². The van der Waals surface area contributed by atoms with Crippen LogP contribution < -0.4 is 5.73 Å². The van der Waals surface area contributed by atoms with E-state index >= 15 is 0 Å². The van der Waals surface area contributed by atoms with Gasteiger partial charge in [-0.15, -0.1) is 11.3 Å². The number of rotatable bonds is 3. The molecule has 0 amide bonds. The average Bonchev–Trinajstić information content (AvgIpc) is 2.80. The Morgan fingerprint density at radius 1 is 1.32 bits per heavy atom. The predicted octanol–water partition coefficient (Wildman–Crippen LogP) is 3.63. The third-order valence-corrected chi connectivity index (χ3v) is 3.86. The van der Waals surface area contributed by atoms with Gasteiger partial charge in [-0.3, -0.25) is 0 Å². The maximum Gasteiger partial charge on any atom is 0.126 e. The molecule has 19 heavy (non-hydrogen) atoms. The van der Waals surface area contributed by atoms with Crippen LogP contribution in [0, 0.1) is 5.82 Å². The molecular formula is C15H19FN2S. The summed E-state index contributed by atoms with van der Waals surface area (Å²) in [7, 11) is 0. The number of nitrogens with zero attached hydrogens (tertiary/aromatic N) is 1. The number of aromatic nitrogens is 1. The van der Waals surface area contributed by atoms with Gasteiger partial charge >= 0.3 is 0 Å². The fourth-order valence-electron chi connectivity index (χ4n) is 1.79. The molecule has 0 fully saturated rings. The van der Waals surface area contributed by atoms with Crippen molar-refractivity contribution < 1.29 is 4.39 Å². The van der Waals surface area contributed by atoms with E-state index in [1.165, 1.54) is 6.07 Å². The summed E-state index contributed by atoms with van der Waals surface area (Å²) >= 11 is 1.58. The minimum atomic E-state index is -0.190. The van der Waals surface area contributed by atoms with Crippen LogP contribution >= 0.6 is 11.3 Å². The van der Waals surface area contributed by atoms with Gasteiger partial charge in [0.15, 0.2) is 0 Å². The van der Waals surface area contributed by atoms with E-state index in [2.05, 4.69) is 31.1 Å². The summed E-state index contributed by atoms with van der Waals surface area (Å²) < 4.78 is 13.8. The van der Waals surface area contributed by atoms with Crippen LogP contribution in [0.1, 0.15) is 42.6 Å². The number of hydrogen-bond acceptors (Lipinski definition) is 3. The van der Waals surface area contributed by atoms with Crippen molar-refractivity contribution in [1.29, 1.82) is 0 Å². The van der Waals surface area contributed by atoms with Crippen molar-refractivity contribution in [3.8, 4) is 0 Å². The molecule has 0 aliphatic rings. The molecule has 2 aromatic rings. The highest BCUT2D eigenvalue weighted by atomic mass is 32.1.